The van der Waals surface area contributed by atoms with Gasteiger partial charge in [-0.3, -0.25) is 4.90 Å². The fourth-order valence-corrected chi connectivity index (χ4v) is 3.81. The summed E-state index contributed by atoms with van der Waals surface area (Å²) >= 11 is 0. The highest BCUT2D eigenvalue weighted by molar-refractivity contribution is 5.67. The molecule has 4 rings (SSSR count). The van der Waals surface area contributed by atoms with Crippen molar-refractivity contribution in [3.05, 3.63) is 71.3 Å². The number of phenolic OH excluding ortho intramolecular Hbond substituents is 1. The standard InChI is InChI=1S/C20H21NO2/c22-17-7-5-14(6-8-17)15-9-11-21(12-10-15)19-13-16-3-1-2-4-18(16)20(19)23/h1-9,19-20,22-23H,10-13H2. The van der Waals surface area contributed by atoms with Crippen LogP contribution in [0.2, 0.25) is 0 Å². The van der Waals surface area contributed by atoms with Crippen molar-refractivity contribution in [1.29, 1.82) is 0 Å². The summed E-state index contributed by atoms with van der Waals surface area (Å²) < 4.78 is 0. The number of aromatic hydroxyl groups is 1. The highest BCUT2D eigenvalue weighted by Gasteiger charge is 2.35. The van der Waals surface area contributed by atoms with Crippen molar-refractivity contribution in [1.82, 2.24) is 4.90 Å². The van der Waals surface area contributed by atoms with Crippen molar-refractivity contribution in [2.45, 2.75) is 25.0 Å². The van der Waals surface area contributed by atoms with Gasteiger partial charge in [-0.25, -0.2) is 0 Å². The van der Waals surface area contributed by atoms with Gasteiger partial charge in [0, 0.05) is 19.1 Å². The van der Waals surface area contributed by atoms with Crippen LogP contribution in [0.5, 0.6) is 5.75 Å². The summed E-state index contributed by atoms with van der Waals surface area (Å²) in [5.74, 6) is 0.304. The van der Waals surface area contributed by atoms with Crippen LogP contribution in [0.25, 0.3) is 5.57 Å². The van der Waals surface area contributed by atoms with Gasteiger partial charge in [0.05, 0.1) is 6.10 Å². The molecule has 2 unspecified atom stereocenters. The average Bonchev–Trinajstić information content (AvgIpc) is 2.93. The van der Waals surface area contributed by atoms with E-state index < -0.39 is 0 Å². The van der Waals surface area contributed by atoms with E-state index in [2.05, 4.69) is 17.0 Å². The van der Waals surface area contributed by atoms with E-state index >= 15 is 0 Å². The molecule has 0 bridgehead atoms. The summed E-state index contributed by atoms with van der Waals surface area (Å²) in [6.45, 7) is 1.83. The Morgan fingerprint density at radius 2 is 1.78 bits per heavy atom. The Balaban J connectivity index is 1.49. The molecule has 3 nitrogen and oxygen atoms in total. The van der Waals surface area contributed by atoms with Gasteiger partial charge in [0.2, 0.25) is 0 Å². The molecule has 2 aromatic rings. The Labute approximate surface area is 136 Å². The second-order valence-electron chi connectivity index (χ2n) is 6.44. The zero-order valence-electron chi connectivity index (χ0n) is 13.0. The molecule has 118 valence electrons. The third-order valence-electron chi connectivity index (χ3n) is 5.11. The maximum absolute atomic E-state index is 10.6. The monoisotopic (exact) mass is 307 g/mol. The quantitative estimate of drug-likeness (QED) is 0.896. The molecule has 1 heterocycles. The number of aliphatic hydroxyl groups is 1. The molecule has 0 aromatic heterocycles. The summed E-state index contributed by atoms with van der Waals surface area (Å²) in [7, 11) is 0. The Kier molecular flexibility index (Phi) is 3.68. The minimum atomic E-state index is -0.380. The predicted molar refractivity (Wildman–Crippen MR) is 91.2 cm³/mol. The van der Waals surface area contributed by atoms with Crippen LogP contribution in [-0.2, 0) is 6.42 Å². The van der Waals surface area contributed by atoms with Gasteiger partial charge in [0.25, 0.3) is 0 Å². The smallest absolute Gasteiger partial charge is 0.115 e. The van der Waals surface area contributed by atoms with Gasteiger partial charge in [-0.05, 0) is 47.2 Å². The maximum atomic E-state index is 10.6. The second-order valence-corrected chi connectivity index (χ2v) is 6.44. The van der Waals surface area contributed by atoms with Crippen LogP contribution in [-0.4, -0.2) is 34.2 Å². The van der Waals surface area contributed by atoms with E-state index in [4.69, 9.17) is 0 Å². The highest BCUT2D eigenvalue weighted by atomic mass is 16.3. The second kappa shape index (κ2) is 5.84. The first-order valence-electron chi connectivity index (χ1n) is 8.21. The van der Waals surface area contributed by atoms with Gasteiger partial charge >= 0.3 is 0 Å². The molecule has 23 heavy (non-hydrogen) atoms. The van der Waals surface area contributed by atoms with Crippen molar-refractivity contribution in [2.75, 3.05) is 13.1 Å². The third kappa shape index (κ3) is 2.67. The number of rotatable bonds is 2. The minimum Gasteiger partial charge on any atom is -0.508 e. The minimum absolute atomic E-state index is 0.185. The van der Waals surface area contributed by atoms with E-state index in [0.717, 1.165) is 31.5 Å². The van der Waals surface area contributed by atoms with Crippen LogP contribution in [0.15, 0.2) is 54.6 Å². The first kappa shape index (κ1) is 14.5. The van der Waals surface area contributed by atoms with E-state index in [9.17, 15) is 10.2 Å². The predicted octanol–water partition coefficient (Wildman–Crippen LogP) is 3.14. The fourth-order valence-electron chi connectivity index (χ4n) is 3.81. The normalized spacial score (nSPS) is 24.3. The highest BCUT2D eigenvalue weighted by Crippen LogP contribution is 2.36. The molecule has 2 aliphatic rings. The maximum Gasteiger partial charge on any atom is 0.115 e. The first-order chi connectivity index (χ1) is 11.2. The van der Waals surface area contributed by atoms with Crippen LogP contribution in [0.4, 0.5) is 0 Å². The fraction of sp³-hybridized carbons (Fsp3) is 0.300. The lowest BCUT2D eigenvalue weighted by Gasteiger charge is -2.33. The zero-order chi connectivity index (χ0) is 15.8. The van der Waals surface area contributed by atoms with Crippen LogP contribution in [0, 0.1) is 0 Å². The molecule has 0 saturated heterocycles. The lowest BCUT2D eigenvalue weighted by Crippen LogP contribution is -2.40. The van der Waals surface area contributed by atoms with Crippen molar-refractivity contribution in [3.63, 3.8) is 0 Å². The molecule has 2 atom stereocenters. The SMILES string of the molecule is Oc1ccc(C2=CCN(C3Cc4ccccc4C3O)CC2)cc1. The number of fused-ring (bicyclic) bond motifs is 1. The number of hydrogen-bond acceptors (Lipinski definition) is 3. The molecule has 2 N–H and O–H groups in total. The molecule has 0 fully saturated rings. The van der Waals surface area contributed by atoms with Crippen LogP contribution in [0.3, 0.4) is 0 Å². The first-order valence-corrected chi connectivity index (χ1v) is 8.21. The topological polar surface area (TPSA) is 43.7 Å². The molecule has 3 heteroatoms. The number of nitrogens with zero attached hydrogens (tertiary/aromatic N) is 1. The summed E-state index contributed by atoms with van der Waals surface area (Å²) in [6.07, 6.45) is 3.78. The van der Waals surface area contributed by atoms with Crippen LogP contribution >= 0.6 is 0 Å². The third-order valence-corrected chi connectivity index (χ3v) is 5.11. The zero-order valence-corrected chi connectivity index (χ0v) is 13.0. The van der Waals surface area contributed by atoms with Crippen LogP contribution in [0.1, 0.15) is 29.2 Å². The molecular weight excluding hydrogens is 286 g/mol. The Morgan fingerprint density at radius 1 is 1.00 bits per heavy atom. The van der Waals surface area contributed by atoms with Crippen molar-refractivity contribution in [2.24, 2.45) is 0 Å². The van der Waals surface area contributed by atoms with Crippen molar-refractivity contribution < 1.29 is 10.2 Å². The van der Waals surface area contributed by atoms with Gasteiger partial charge in [-0.15, -0.1) is 0 Å². The summed E-state index contributed by atoms with van der Waals surface area (Å²) in [4.78, 5) is 2.38. The van der Waals surface area contributed by atoms with E-state index in [-0.39, 0.29) is 12.1 Å². The van der Waals surface area contributed by atoms with E-state index in [1.807, 2.05) is 30.3 Å². The summed E-state index contributed by atoms with van der Waals surface area (Å²) in [5.41, 5.74) is 4.87. The van der Waals surface area contributed by atoms with Crippen molar-refractivity contribution in [3.8, 4) is 5.75 Å². The molecule has 0 amide bonds. The Hall–Kier alpha value is -2.10. The van der Waals surface area contributed by atoms with Gasteiger partial charge in [-0.1, -0.05) is 42.5 Å². The summed E-state index contributed by atoms with van der Waals surface area (Å²) in [6, 6.07) is 15.8. The lowest BCUT2D eigenvalue weighted by molar-refractivity contribution is 0.0670. The number of benzene rings is 2. The molecule has 0 spiro atoms. The molecule has 0 saturated carbocycles. The van der Waals surface area contributed by atoms with E-state index in [1.54, 1.807) is 12.1 Å². The largest absolute Gasteiger partial charge is 0.508 e. The van der Waals surface area contributed by atoms with Gasteiger partial charge < -0.3 is 10.2 Å². The van der Waals surface area contributed by atoms with Gasteiger partial charge in [-0.2, -0.15) is 0 Å². The van der Waals surface area contributed by atoms with Crippen LogP contribution < -0.4 is 0 Å². The summed E-state index contributed by atoms with van der Waals surface area (Å²) in [5, 5.41) is 20.0. The number of aliphatic hydroxyl groups excluding tert-OH is 1. The molecule has 1 aliphatic carbocycles. The van der Waals surface area contributed by atoms with Crippen molar-refractivity contribution >= 4 is 5.57 Å². The molecule has 2 aromatic carbocycles. The Morgan fingerprint density at radius 3 is 2.48 bits per heavy atom. The van der Waals surface area contributed by atoms with Gasteiger partial charge in [0.1, 0.15) is 5.75 Å². The van der Waals surface area contributed by atoms with E-state index in [0.29, 0.717) is 5.75 Å². The molecular formula is C20H21NO2. The Bertz CT molecular complexity index is 736. The molecule has 0 radical (unpaired) electrons. The van der Waals surface area contributed by atoms with Gasteiger partial charge in [0.15, 0.2) is 0 Å². The molecule has 1 aliphatic heterocycles. The average molecular weight is 307 g/mol. The number of hydrogen-bond donors (Lipinski definition) is 2. The van der Waals surface area contributed by atoms with E-state index in [1.165, 1.54) is 16.7 Å². The number of phenols is 1. The lowest BCUT2D eigenvalue weighted by atomic mass is 9.97.